The van der Waals surface area contributed by atoms with Gasteiger partial charge in [0.25, 0.3) is 5.91 Å². The van der Waals surface area contributed by atoms with Gasteiger partial charge in [-0.15, -0.1) is 0 Å². The minimum absolute atomic E-state index is 0.183. The topological polar surface area (TPSA) is 49.3 Å². The van der Waals surface area contributed by atoms with Crippen LogP contribution in [0.4, 0.5) is 0 Å². The summed E-state index contributed by atoms with van der Waals surface area (Å²) in [5, 5.41) is 13.8. The molecule has 2 atom stereocenters. The van der Waals surface area contributed by atoms with Gasteiger partial charge in [-0.1, -0.05) is 53.5 Å². The van der Waals surface area contributed by atoms with E-state index in [2.05, 4.69) is 5.32 Å². The first-order chi connectivity index (χ1) is 10.5. The van der Waals surface area contributed by atoms with E-state index in [1.165, 1.54) is 6.07 Å². The van der Waals surface area contributed by atoms with Crippen molar-refractivity contribution in [2.24, 2.45) is 0 Å². The molecule has 2 N–H and O–H groups in total. The van der Waals surface area contributed by atoms with Crippen molar-refractivity contribution < 1.29 is 9.90 Å². The molecule has 0 unspecified atom stereocenters. The highest BCUT2D eigenvalue weighted by molar-refractivity contribution is 6.42. The summed E-state index contributed by atoms with van der Waals surface area (Å²) in [6.45, 7) is 1.85. The molecule has 116 valence electrons. The SMILES string of the molecule is C[C@H](C[C@H](O)c1ccccc1)NC(=O)c1ccc(Cl)c(Cl)c1. The molecule has 5 heteroatoms. The number of carbonyl (C=O) groups excluding carboxylic acids is 1. The first-order valence-electron chi connectivity index (χ1n) is 6.96. The molecule has 0 fully saturated rings. The number of hydrogen-bond donors (Lipinski definition) is 2. The lowest BCUT2D eigenvalue weighted by atomic mass is 10.0. The van der Waals surface area contributed by atoms with Crippen LogP contribution in [0.5, 0.6) is 0 Å². The van der Waals surface area contributed by atoms with E-state index < -0.39 is 6.10 Å². The molecule has 22 heavy (non-hydrogen) atoms. The summed E-state index contributed by atoms with van der Waals surface area (Å²) < 4.78 is 0. The van der Waals surface area contributed by atoms with Crippen molar-refractivity contribution in [1.29, 1.82) is 0 Å². The van der Waals surface area contributed by atoms with E-state index in [0.29, 0.717) is 22.0 Å². The van der Waals surface area contributed by atoms with Crippen LogP contribution in [0.25, 0.3) is 0 Å². The predicted molar refractivity (Wildman–Crippen MR) is 89.4 cm³/mol. The van der Waals surface area contributed by atoms with Crippen molar-refractivity contribution >= 4 is 29.1 Å². The Morgan fingerprint density at radius 1 is 1.14 bits per heavy atom. The summed E-state index contributed by atoms with van der Waals surface area (Å²) in [4.78, 5) is 12.1. The lowest BCUT2D eigenvalue weighted by molar-refractivity contribution is 0.0917. The average Bonchev–Trinajstić information content (AvgIpc) is 2.50. The monoisotopic (exact) mass is 337 g/mol. The van der Waals surface area contributed by atoms with E-state index in [4.69, 9.17) is 23.2 Å². The summed E-state index contributed by atoms with van der Waals surface area (Å²) in [5.41, 5.74) is 1.27. The van der Waals surface area contributed by atoms with Crippen LogP contribution in [0.15, 0.2) is 48.5 Å². The van der Waals surface area contributed by atoms with E-state index in [1.807, 2.05) is 37.3 Å². The Bertz CT molecular complexity index is 646. The number of halogens is 2. The van der Waals surface area contributed by atoms with Crippen LogP contribution in [0, 0.1) is 0 Å². The molecule has 0 aliphatic heterocycles. The van der Waals surface area contributed by atoms with Crippen LogP contribution in [-0.4, -0.2) is 17.1 Å². The van der Waals surface area contributed by atoms with Crippen molar-refractivity contribution in [3.63, 3.8) is 0 Å². The Morgan fingerprint density at radius 2 is 1.82 bits per heavy atom. The molecule has 2 aromatic rings. The zero-order valence-electron chi connectivity index (χ0n) is 12.1. The summed E-state index contributed by atoms with van der Waals surface area (Å²) in [6, 6.07) is 13.9. The fourth-order valence-electron chi connectivity index (χ4n) is 2.15. The van der Waals surface area contributed by atoms with Gasteiger partial charge in [0, 0.05) is 11.6 Å². The van der Waals surface area contributed by atoms with E-state index >= 15 is 0 Å². The summed E-state index contributed by atoms with van der Waals surface area (Å²) >= 11 is 11.7. The summed E-state index contributed by atoms with van der Waals surface area (Å²) in [5.74, 6) is -0.244. The molecule has 0 saturated carbocycles. The third-order valence-electron chi connectivity index (χ3n) is 3.32. The van der Waals surface area contributed by atoms with Crippen LogP contribution in [-0.2, 0) is 0 Å². The largest absolute Gasteiger partial charge is 0.388 e. The first-order valence-corrected chi connectivity index (χ1v) is 7.72. The highest BCUT2D eigenvalue weighted by Gasteiger charge is 2.15. The summed E-state index contributed by atoms with van der Waals surface area (Å²) in [6.07, 6.45) is -0.192. The third kappa shape index (κ3) is 4.47. The first kappa shape index (κ1) is 16.8. The zero-order valence-corrected chi connectivity index (χ0v) is 13.6. The van der Waals surface area contributed by atoms with Gasteiger partial charge in [-0.2, -0.15) is 0 Å². The lowest BCUT2D eigenvalue weighted by Gasteiger charge is -2.18. The molecule has 2 rings (SSSR count). The Labute approximate surface area is 139 Å². The number of carbonyl (C=O) groups is 1. The second-order valence-corrected chi connectivity index (χ2v) is 5.98. The van der Waals surface area contributed by atoms with Gasteiger partial charge >= 0.3 is 0 Å². The highest BCUT2D eigenvalue weighted by Crippen LogP contribution is 2.23. The van der Waals surface area contributed by atoms with Gasteiger partial charge in [-0.05, 0) is 37.1 Å². The molecule has 0 aliphatic rings. The van der Waals surface area contributed by atoms with E-state index in [0.717, 1.165) is 5.56 Å². The minimum atomic E-state index is -0.620. The van der Waals surface area contributed by atoms with Gasteiger partial charge < -0.3 is 10.4 Å². The average molecular weight is 338 g/mol. The molecule has 0 bridgehead atoms. The number of rotatable bonds is 5. The van der Waals surface area contributed by atoms with Gasteiger partial charge in [-0.3, -0.25) is 4.79 Å². The predicted octanol–water partition coefficient (Wildman–Crippen LogP) is 4.24. The third-order valence-corrected chi connectivity index (χ3v) is 4.06. The van der Waals surface area contributed by atoms with Crippen LogP contribution < -0.4 is 5.32 Å². The molecule has 0 spiro atoms. The molecule has 0 radical (unpaired) electrons. The van der Waals surface area contributed by atoms with Crippen LogP contribution in [0.1, 0.15) is 35.4 Å². The van der Waals surface area contributed by atoms with E-state index in [1.54, 1.807) is 12.1 Å². The molecule has 0 aromatic heterocycles. The molecule has 2 aromatic carbocycles. The van der Waals surface area contributed by atoms with Crippen LogP contribution >= 0.6 is 23.2 Å². The van der Waals surface area contributed by atoms with Crippen molar-refractivity contribution in [2.75, 3.05) is 0 Å². The molecule has 3 nitrogen and oxygen atoms in total. The standard InChI is InChI=1S/C17H17Cl2NO2/c1-11(9-16(21)12-5-3-2-4-6-12)20-17(22)13-7-8-14(18)15(19)10-13/h2-8,10-11,16,21H,9H2,1H3,(H,20,22)/t11-,16+/m1/s1. The maximum atomic E-state index is 12.1. The van der Waals surface area contributed by atoms with E-state index in [9.17, 15) is 9.90 Å². The fourth-order valence-corrected chi connectivity index (χ4v) is 2.45. The van der Waals surface area contributed by atoms with Crippen molar-refractivity contribution in [3.8, 4) is 0 Å². The maximum absolute atomic E-state index is 12.1. The molecule has 0 heterocycles. The number of hydrogen-bond acceptors (Lipinski definition) is 2. The second-order valence-electron chi connectivity index (χ2n) is 5.17. The number of amides is 1. The number of nitrogens with one attached hydrogen (secondary N) is 1. The highest BCUT2D eigenvalue weighted by atomic mass is 35.5. The quantitative estimate of drug-likeness (QED) is 0.857. The normalized spacial score (nSPS) is 13.5. The van der Waals surface area contributed by atoms with Crippen molar-refractivity contribution in [2.45, 2.75) is 25.5 Å². The second kappa shape index (κ2) is 7.63. The molecular weight excluding hydrogens is 321 g/mol. The number of aliphatic hydroxyl groups excluding tert-OH is 1. The fraction of sp³-hybridized carbons (Fsp3) is 0.235. The van der Waals surface area contributed by atoms with Gasteiger partial charge in [0.2, 0.25) is 0 Å². The van der Waals surface area contributed by atoms with Crippen LogP contribution in [0.3, 0.4) is 0 Å². The number of aliphatic hydroxyl groups is 1. The Morgan fingerprint density at radius 3 is 2.45 bits per heavy atom. The van der Waals surface area contributed by atoms with Gasteiger partial charge in [-0.25, -0.2) is 0 Å². The maximum Gasteiger partial charge on any atom is 0.251 e. The Hall–Kier alpha value is -1.55. The molecule has 0 aliphatic carbocycles. The van der Waals surface area contributed by atoms with Gasteiger partial charge in [0.15, 0.2) is 0 Å². The van der Waals surface area contributed by atoms with Gasteiger partial charge in [0.1, 0.15) is 0 Å². The summed E-state index contributed by atoms with van der Waals surface area (Å²) in [7, 11) is 0. The van der Waals surface area contributed by atoms with Crippen LogP contribution in [0.2, 0.25) is 10.0 Å². The minimum Gasteiger partial charge on any atom is -0.388 e. The molecular formula is C17H17Cl2NO2. The zero-order chi connectivity index (χ0) is 16.1. The van der Waals surface area contributed by atoms with E-state index in [-0.39, 0.29) is 11.9 Å². The van der Waals surface area contributed by atoms with Gasteiger partial charge in [0.05, 0.1) is 16.1 Å². The Kier molecular flexibility index (Phi) is 5.83. The molecule has 0 saturated heterocycles. The Balaban J connectivity index is 1.95. The number of benzene rings is 2. The lowest BCUT2D eigenvalue weighted by Crippen LogP contribution is -2.33. The molecule has 1 amide bonds. The van der Waals surface area contributed by atoms with Crippen molar-refractivity contribution in [3.05, 3.63) is 69.7 Å². The van der Waals surface area contributed by atoms with Crippen molar-refractivity contribution in [1.82, 2.24) is 5.32 Å². The smallest absolute Gasteiger partial charge is 0.251 e.